The van der Waals surface area contributed by atoms with Crippen LogP contribution in [-0.2, 0) is 22.5 Å². The molecule has 1 atom stereocenters. The van der Waals surface area contributed by atoms with Gasteiger partial charge in [0.1, 0.15) is 4.32 Å². The minimum absolute atomic E-state index is 0.00824. The van der Waals surface area contributed by atoms with E-state index >= 15 is 0 Å². The highest BCUT2D eigenvalue weighted by molar-refractivity contribution is 8.26. The third kappa shape index (κ3) is 4.15. The van der Waals surface area contributed by atoms with Crippen LogP contribution in [0.4, 0.5) is 0 Å². The average Bonchev–Trinajstić information content (AvgIpc) is 3.51. The highest BCUT2D eigenvalue weighted by Crippen LogP contribution is 2.36. The highest BCUT2D eigenvalue weighted by atomic mass is 32.2. The maximum atomic E-state index is 13.2. The number of carbonyl (C=O) groups is 1. The van der Waals surface area contributed by atoms with E-state index in [0.29, 0.717) is 15.8 Å². The molecule has 0 aliphatic carbocycles. The molecule has 164 valence electrons. The molecule has 0 N–H and O–H groups in total. The predicted octanol–water partition coefficient (Wildman–Crippen LogP) is 5.63. The number of thioether (sulfide) groups is 1. The zero-order valence-electron chi connectivity index (χ0n) is 18.1. The molecule has 0 unspecified atom stereocenters. The summed E-state index contributed by atoms with van der Waals surface area (Å²) in [6.45, 7) is 4.31. The van der Waals surface area contributed by atoms with Gasteiger partial charge in [-0.25, -0.2) is 0 Å². The van der Waals surface area contributed by atoms with E-state index in [1.165, 1.54) is 33.8 Å². The Morgan fingerprint density at radius 1 is 1.19 bits per heavy atom. The fourth-order valence-electron chi connectivity index (χ4n) is 4.56. The lowest BCUT2D eigenvalue weighted by Crippen LogP contribution is -2.35. The van der Waals surface area contributed by atoms with Crippen LogP contribution >= 0.6 is 24.0 Å². The first-order valence-corrected chi connectivity index (χ1v) is 12.4. The lowest BCUT2D eigenvalue weighted by atomic mass is 10.1. The summed E-state index contributed by atoms with van der Waals surface area (Å²) in [6, 6.07) is 16.9. The number of ether oxygens (including phenoxy) is 1. The van der Waals surface area contributed by atoms with Gasteiger partial charge in [-0.2, -0.15) is 0 Å². The Morgan fingerprint density at radius 3 is 2.78 bits per heavy atom. The fraction of sp³-hybridized carbons (Fsp3) is 0.308. The Hall–Kier alpha value is -2.41. The van der Waals surface area contributed by atoms with Crippen LogP contribution in [-0.4, -0.2) is 39.0 Å². The van der Waals surface area contributed by atoms with E-state index in [4.69, 9.17) is 17.0 Å². The molecule has 0 saturated carbocycles. The number of nitrogens with zero attached hydrogens (tertiary/aromatic N) is 2. The summed E-state index contributed by atoms with van der Waals surface area (Å²) in [4.78, 5) is 15.6. The molecule has 0 bridgehead atoms. The molecule has 0 radical (unpaired) electrons. The number of benzene rings is 2. The summed E-state index contributed by atoms with van der Waals surface area (Å²) in [5.74, 6) is -0.00824. The van der Waals surface area contributed by atoms with Gasteiger partial charge in [0.25, 0.3) is 5.91 Å². The molecule has 2 aromatic carbocycles. The van der Waals surface area contributed by atoms with Gasteiger partial charge < -0.3 is 9.30 Å². The Bertz CT molecular complexity index is 1190. The number of aromatic nitrogens is 1. The molecule has 2 aliphatic heterocycles. The van der Waals surface area contributed by atoms with Crippen molar-refractivity contribution in [1.29, 1.82) is 0 Å². The van der Waals surface area contributed by atoms with E-state index in [9.17, 15) is 4.79 Å². The van der Waals surface area contributed by atoms with Crippen molar-refractivity contribution in [3.63, 3.8) is 0 Å². The molecule has 3 aromatic rings. The molecule has 0 spiro atoms. The van der Waals surface area contributed by atoms with Crippen LogP contribution < -0.4 is 0 Å². The smallest absolute Gasteiger partial charge is 0.266 e. The minimum atomic E-state index is -0.00824. The van der Waals surface area contributed by atoms with Crippen LogP contribution in [0.1, 0.15) is 36.5 Å². The van der Waals surface area contributed by atoms with Crippen molar-refractivity contribution in [2.45, 2.75) is 38.8 Å². The predicted molar refractivity (Wildman–Crippen MR) is 136 cm³/mol. The quantitative estimate of drug-likeness (QED) is 0.351. The molecule has 2 aliphatic rings. The normalized spacial score (nSPS) is 20.2. The number of carbonyl (C=O) groups excluding carboxylic acids is 1. The van der Waals surface area contributed by atoms with E-state index in [-0.39, 0.29) is 12.0 Å². The first-order valence-electron chi connectivity index (χ1n) is 11.2. The SMILES string of the molecule is CCc1cccc2c(/C=C3\SC(=S)N(C[C@H]4CCCO4)C3=O)cn(Cc3ccccc3)c12. The molecule has 2 fully saturated rings. The van der Waals surface area contributed by atoms with Gasteiger partial charge in [0.05, 0.1) is 23.1 Å². The number of amides is 1. The van der Waals surface area contributed by atoms with Crippen LogP contribution in [0, 0.1) is 0 Å². The van der Waals surface area contributed by atoms with Gasteiger partial charge in [0.15, 0.2) is 0 Å². The summed E-state index contributed by atoms with van der Waals surface area (Å²) in [5.41, 5.74) is 4.86. The van der Waals surface area contributed by atoms with Gasteiger partial charge in [-0.3, -0.25) is 9.69 Å². The van der Waals surface area contributed by atoms with Crippen LogP contribution in [0.15, 0.2) is 59.6 Å². The largest absolute Gasteiger partial charge is 0.376 e. The van der Waals surface area contributed by atoms with Gasteiger partial charge in [-0.1, -0.05) is 79.4 Å². The number of rotatable bonds is 6. The minimum Gasteiger partial charge on any atom is -0.376 e. The molecule has 2 saturated heterocycles. The molecule has 32 heavy (non-hydrogen) atoms. The lowest BCUT2D eigenvalue weighted by molar-refractivity contribution is -0.123. The summed E-state index contributed by atoms with van der Waals surface area (Å²) in [5, 5.41) is 1.17. The standard InChI is InChI=1S/C26H26N2O2S2/c1-2-19-10-6-12-22-20(16-27(24(19)22)15-18-8-4-3-5-9-18)14-23-25(29)28(26(31)32-23)17-21-11-7-13-30-21/h3-6,8-10,12,14,16,21H,2,7,11,13,15,17H2,1H3/b23-14-/t21-/m1/s1. The zero-order chi connectivity index (χ0) is 22.1. The summed E-state index contributed by atoms with van der Waals surface area (Å²) < 4.78 is 8.65. The average molecular weight is 463 g/mol. The van der Waals surface area contributed by atoms with E-state index in [0.717, 1.165) is 38.0 Å². The number of thiocarbonyl (C=S) groups is 1. The van der Waals surface area contributed by atoms with Gasteiger partial charge in [0, 0.05) is 30.3 Å². The van der Waals surface area contributed by atoms with E-state index in [1.54, 1.807) is 4.90 Å². The monoisotopic (exact) mass is 462 g/mol. The van der Waals surface area contributed by atoms with Crippen molar-refractivity contribution in [3.05, 3.63) is 76.3 Å². The van der Waals surface area contributed by atoms with Gasteiger partial charge in [0.2, 0.25) is 0 Å². The van der Waals surface area contributed by atoms with Crippen molar-refractivity contribution in [3.8, 4) is 0 Å². The first kappa shape index (κ1) is 21.4. The van der Waals surface area contributed by atoms with Gasteiger partial charge in [-0.05, 0) is 36.5 Å². The van der Waals surface area contributed by atoms with E-state index in [2.05, 4.69) is 60.2 Å². The second-order valence-corrected chi connectivity index (χ2v) is 9.97. The summed E-state index contributed by atoms with van der Waals surface area (Å²) in [6.07, 6.45) is 7.27. The zero-order valence-corrected chi connectivity index (χ0v) is 19.8. The third-order valence-electron chi connectivity index (χ3n) is 6.16. The number of hydrogen-bond donors (Lipinski definition) is 0. The second kappa shape index (κ2) is 9.22. The van der Waals surface area contributed by atoms with E-state index in [1.807, 2.05) is 12.1 Å². The molecule has 6 heteroatoms. The maximum Gasteiger partial charge on any atom is 0.266 e. The Morgan fingerprint density at radius 2 is 2.03 bits per heavy atom. The van der Waals surface area contributed by atoms with Gasteiger partial charge >= 0.3 is 0 Å². The topological polar surface area (TPSA) is 34.5 Å². The summed E-state index contributed by atoms with van der Waals surface area (Å²) in [7, 11) is 0. The number of para-hydroxylation sites is 1. The van der Waals surface area contributed by atoms with Crippen molar-refractivity contribution in [1.82, 2.24) is 9.47 Å². The molecule has 1 amide bonds. The Labute approximate surface area is 198 Å². The molecule has 5 rings (SSSR count). The van der Waals surface area contributed by atoms with E-state index < -0.39 is 0 Å². The lowest BCUT2D eigenvalue weighted by Gasteiger charge is -2.18. The molecular weight excluding hydrogens is 436 g/mol. The van der Waals surface area contributed by atoms with Crippen molar-refractivity contribution >= 4 is 51.2 Å². The number of hydrogen-bond acceptors (Lipinski definition) is 4. The highest BCUT2D eigenvalue weighted by Gasteiger charge is 2.34. The molecular formula is C26H26N2O2S2. The van der Waals surface area contributed by atoms with Crippen molar-refractivity contribution < 1.29 is 9.53 Å². The van der Waals surface area contributed by atoms with Crippen LogP contribution in [0.2, 0.25) is 0 Å². The third-order valence-corrected chi connectivity index (χ3v) is 7.54. The number of aryl methyl sites for hydroxylation is 1. The molecule has 3 heterocycles. The first-order chi connectivity index (χ1) is 15.6. The number of fused-ring (bicyclic) bond motifs is 1. The maximum absolute atomic E-state index is 13.2. The molecule has 4 nitrogen and oxygen atoms in total. The van der Waals surface area contributed by atoms with Crippen molar-refractivity contribution in [2.75, 3.05) is 13.2 Å². The second-order valence-electron chi connectivity index (χ2n) is 8.29. The summed E-state index contributed by atoms with van der Waals surface area (Å²) >= 11 is 6.94. The van der Waals surface area contributed by atoms with Crippen molar-refractivity contribution in [2.24, 2.45) is 0 Å². The Kier molecular flexibility index (Phi) is 6.17. The van der Waals surface area contributed by atoms with Crippen LogP contribution in [0.3, 0.4) is 0 Å². The fourth-order valence-corrected chi connectivity index (χ4v) is 5.83. The van der Waals surface area contributed by atoms with Crippen LogP contribution in [0.5, 0.6) is 0 Å². The Balaban J connectivity index is 1.50. The van der Waals surface area contributed by atoms with Crippen LogP contribution in [0.25, 0.3) is 17.0 Å². The van der Waals surface area contributed by atoms with Gasteiger partial charge in [-0.15, -0.1) is 0 Å². The molecule has 1 aromatic heterocycles.